The molecular weight excluding hydrogens is 324 g/mol. The fourth-order valence-electron chi connectivity index (χ4n) is 3.24. The Kier molecular flexibility index (Phi) is 6.93. The normalized spacial score (nSPS) is 15.6. The summed E-state index contributed by atoms with van der Waals surface area (Å²) in [7, 11) is 1.80. The van der Waals surface area contributed by atoms with E-state index in [1.807, 2.05) is 18.3 Å². The summed E-state index contributed by atoms with van der Waals surface area (Å²) in [5.41, 5.74) is 1.16. The predicted octanol–water partition coefficient (Wildman–Crippen LogP) is 2.63. The van der Waals surface area contributed by atoms with Crippen molar-refractivity contribution in [1.82, 2.24) is 20.2 Å². The second-order valence-electron chi connectivity index (χ2n) is 6.70. The van der Waals surface area contributed by atoms with E-state index in [0.29, 0.717) is 0 Å². The molecule has 0 aromatic carbocycles. The Bertz CT molecular complexity index is 654. The number of pyridine rings is 1. The van der Waals surface area contributed by atoms with E-state index in [0.717, 1.165) is 50.1 Å². The van der Waals surface area contributed by atoms with E-state index in [2.05, 4.69) is 54.6 Å². The van der Waals surface area contributed by atoms with E-state index in [4.69, 9.17) is 0 Å². The minimum Gasteiger partial charge on any atom is -0.357 e. The SMILES string of the molecule is CN=C(NCCn1cccc1)NCc1ccc(N2CCCCCC2)nc1. The van der Waals surface area contributed by atoms with Crippen LogP contribution in [0, 0.1) is 0 Å². The van der Waals surface area contributed by atoms with Gasteiger partial charge in [-0.05, 0) is 36.6 Å². The van der Waals surface area contributed by atoms with Gasteiger partial charge < -0.3 is 20.1 Å². The molecule has 26 heavy (non-hydrogen) atoms. The molecule has 0 bridgehead atoms. The Morgan fingerprint density at radius 2 is 1.85 bits per heavy atom. The van der Waals surface area contributed by atoms with Gasteiger partial charge in [-0.2, -0.15) is 0 Å². The fourth-order valence-corrected chi connectivity index (χ4v) is 3.24. The molecule has 1 aliphatic heterocycles. The molecule has 1 aliphatic rings. The van der Waals surface area contributed by atoms with Gasteiger partial charge in [-0.25, -0.2) is 4.98 Å². The molecule has 0 amide bonds. The van der Waals surface area contributed by atoms with Crippen molar-refractivity contribution < 1.29 is 0 Å². The number of nitrogens with one attached hydrogen (secondary N) is 2. The van der Waals surface area contributed by atoms with Crippen LogP contribution in [0.2, 0.25) is 0 Å². The number of aliphatic imine (C=N–C) groups is 1. The third kappa shape index (κ3) is 5.51. The Hall–Kier alpha value is -2.50. The van der Waals surface area contributed by atoms with E-state index >= 15 is 0 Å². The predicted molar refractivity (Wildman–Crippen MR) is 108 cm³/mol. The molecule has 0 radical (unpaired) electrons. The lowest BCUT2D eigenvalue weighted by atomic mass is 10.2. The first-order valence-corrected chi connectivity index (χ1v) is 9.60. The maximum absolute atomic E-state index is 4.67. The van der Waals surface area contributed by atoms with Crippen LogP contribution in [0.5, 0.6) is 0 Å². The Morgan fingerprint density at radius 3 is 2.50 bits per heavy atom. The van der Waals surface area contributed by atoms with Gasteiger partial charge in [-0.1, -0.05) is 18.9 Å². The van der Waals surface area contributed by atoms with E-state index in [-0.39, 0.29) is 0 Å². The zero-order valence-electron chi connectivity index (χ0n) is 15.7. The minimum absolute atomic E-state index is 0.719. The molecule has 140 valence electrons. The summed E-state index contributed by atoms with van der Waals surface area (Å²) in [6.45, 7) is 4.72. The molecule has 2 N–H and O–H groups in total. The molecule has 6 heteroatoms. The van der Waals surface area contributed by atoms with Crippen molar-refractivity contribution in [2.24, 2.45) is 4.99 Å². The molecular formula is C20H30N6. The summed E-state index contributed by atoms with van der Waals surface area (Å²) in [4.78, 5) is 11.4. The number of nitrogens with zero attached hydrogens (tertiary/aromatic N) is 4. The smallest absolute Gasteiger partial charge is 0.191 e. The Labute approximate surface area is 156 Å². The van der Waals surface area contributed by atoms with Crippen LogP contribution in [0.15, 0.2) is 47.8 Å². The van der Waals surface area contributed by atoms with Gasteiger partial charge in [0.25, 0.3) is 0 Å². The second-order valence-corrected chi connectivity index (χ2v) is 6.70. The van der Waals surface area contributed by atoms with Crippen molar-refractivity contribution in [1.29, 1.82) is 0 Å². The molecule has 2 aromatic rings. The van der Waals surface area contributed by atoms with Crippen LogP contribution in [-0.4, -0.2) is 42.2 Å². The summed E-state index contributed by atoms with van der Waals surface area (Å²) >= 11 is 0. The summed E-state index contributed by atoms with van der Waals surface area (Å²) in [6.07, 6.45) is 11.3. The Morgan fingerprint density at radius 1 is 1.08 bits per heavy atom. The number of hydrogen-bond donors (Lipinski definition) is 2. The highest BCUT2D eigenvalue weighted by molar-refractivity contribution is 5.79. The molecule has 3 heterocycles. The quantitative estimate of drug-likeness (QED) is 0.618. The lowest BCUT2D eigenvalue weighted by Gasteiger charge is -2.21. The highest BCUT2D eigenvalue weighted by Gasteiger charge is 2.10. The largest absolute Gasteiger partial charge is 0.357 e. The van der Waals surface area contributed by atoms with Gasteiger partial charge in [0.1, 0.15) is 5.82 Å². The van der Waals surface area contributed by atoms with Crippen molar-refractivity contribution >= 4 is 11.8 Å². The van der Waals surface area contributed by atoms with Crippen LogP contribution in [0.1, 0.15) is 31.2 Å². The standard InChI is InChI=1S/C20H30N6/c1-21-20(22-10-15-25-11-6-7-12-25)24-17-18-8-9-19(23-16-18)26-13-4-2-3-5-14-26/h6-9,11-12,16H,2-5,10,13-15,17H2,1H3,(H2,21,22,24). The lowest BCUT2D eigenvalue weighted by molar-refractivity contribution is 0.665. The van der Waals surface area contributed by atoms with Gasteiger partial charge in [0, 0.05) is 58.4 Å². The number of rotatable bonds is 6. The van der Waals surface area contributed by atoms with Crippen LogP contribution in [0.25, 0.3) is 0 Å². The van der Waals surface area contributed by atoms with Crippen LogP contribution < -0.4 is 15.5 Å². The summed E-state index contributed by atoms with van der Waals surface area (Å²) in [5.74, 6) is 1.92. The Balaban J connectivity index is 1.44. The topological polar surface area (TPSA) is 57.5 Å². The van der Waals surface area contributed by atoms with Crippen LogP contribution in [0.3, 0.4) is 0 Å². The van der Waals surface area contributed by atoms with E-state index in [1.54, 1.807) is 7.05 Å². The van der Waals surface area contributed by atoms with Gasteiger partial charge in [0.05, 0.1) is 0 Å². The molecule has 2 aromatic heterocycles. The van der Waals surface area contributed by atoms with Crippen molar-refractivity contribution in [3.63, 3.8) is 0 Å². The first-order chi connectivity index (χ1) is 12.8. The molecule has 1 saturated heterocycles. The summed E-state index contributed by atoms with van der Waals surface area (Å²) < 4.78 is 2.14. The number of anilines is 1. The third-order valence-electron chi connectivity index (χ3n) is 4.75. The maximum atomic E-state index is 4.67. The van der Waals surface area contributed by atoms with Gasteiger partial charge in [0.15, 0.2) is 5.96 Å². The average molecular weight is 355 g/mol. The second kappa shape index (κ2) is 9.85. The first-order valence-electron chi connectivity index (χ1n) is 9.60. The molecule has 0 spiro atoms. The molecule has 0 saturated carbocycles. The third-order valence-corrected chi connectivity index (χ3v) is 4.75. The molecule has 0 aliphatic carbocycles. The zero-order chi connectivity index (χ0) is 18.0. The van der Waals surface area contributed by atoms with Gasteiger partial charge >= 0.3 is 0 Å². The number of hydrogen-bond acceptors (Lipinski definition) is 3. The highest BCUT2D eigenvalue weighted by atomic mass is 15.2. The fraction of sp³-hybridized carbons (Fsp3) is 0.500. The summed E-state index contributed by atoms with van der Waals surface area (Å²) in [6, 6.07) is 8.38. The van der Waals surface area contributed by atoms with Crippen molar-refractivity contribution in [3.05, 3.63) is 48.4 Å². The van der Waals surface area contributed by atoms with Crippen molar-refractivity contribution in [3.8, 4) is 0 Å². The minimum atomic E-state index is 0.719. The maximum Gasteiger partial charge on any atom is 0.191 e. The van der Waals surface area contributed by atoms with Gasteiger partial charge in [-0.3, -0.25) is 4.99 Å². The highest BCUT2D eigenvalue weighted by Crippen LogP contribution is 2.17. The van der Waals surface area contributed by atoms with Crippen molar-refractivity contribution in [2.45, 2.75) is 38.8 Å². The summed E-state index contributed by atoms with van der Waals surface area (Å²) in [5, 5.41) is 6.69. The lowest BCUT2D eigenvalue weighted by Crippen LogP contribution is -2.38. The van der Waals surface area contributed by atoms with Crippen LogP contribution in [-0.2, 0) is 13.1 Å². The van der Waals surface area contributed by atoms with E-state index in [1.165, 1.54) is 25.7 Å². The first kappa shape index (κ1) is 18.3. The molecule has 1 fully saturated rings. The van der Waals surface area contributed by atoms with Crippen LogP contribution >= 0.6 is 0 Å². The van der Waals surface area contributed by atoms with E-state index in [9.17, 15) is 0 Å². The molecule has 0 unspecified atom stereocenters. The van der Waals surface area contributed by atoms with Crippen molar-refractivity contribution in [2.75, 3.05) is 31.6 Å². The molecule has 3 rings (SSSR count). The monoisotopic (exact) mass is 354 g/mol. The number of aromatic nitrogens is 2. The van der Waals surface area contributed by atoms with E-state index < -0.39 is 0 Å². The van der Waals surface area contributed by atoms with Gasteiger partial charge in [0.2, 0.25) is 0 Å². The average Bonchev–Trinajstić information content (AvgIpc) is 3.05. The van der Waals surface area contributed by atoms with Crippen LogP contribution in [0.4, 0.5) is 5.82 Å². The molecule has 6 nitrogen and oxygen atoms in total. The van der Waals surface area contributed by atoms with Gasteiger partial charge in [-0.15, -0.1) is 0 Å². The zero-order valence-corrected chi connectivity index (χ0v) is 15.7. The molecule has 0 atom stereocenters. The number of guanidine groups is 1.